The maximum absolute atomic E-state index is 9.76. The number of rotatable bonds is 4. The van der Waals surface area contributed by atoms with Gasteiger partial charge in [-0.15, -0.1) is 0 Å². The Labute approximate surface area is 108 Å². The van der Waals surface area contributed by atoms with E-state index in [4.69, 9.17) is 0 Å². The summed E-state index contributed by atoms with van der Waals surface area (Å²) in [6, 6.07) is 0. The minimum absolute atomic E-state index is 0. The van der Waals surface area contributed by atoms with Crippen molar-refractivity contribution in [3.8, 4) is 0 Å². The molecule has 0 aromatic rings. The summed E-state index contributed by atoms with van der Waals surface area (Å²) < 4.78 is 15.2. The molecule has 0 rings (SSSR count). The van der Waals surface area contributed by atoms with E-state index in [0.717, 1.165) is 11.0 Å². The zero-order chi connectivity index (χ0) is 7.33. The molecule has 5 heteroatoms. The third-order valence-corrected chi connectivity index (χ3v) is 1.19. The number of hydrogen-bond donors (Lipinski definition) is 0. The molecule has 56 valence electrons. The fourth-order valence-electron chi connectivity index (χ4n) is 0.352. The summed E-state index contributed by atoms with van der Waals surface area (Å²) in [7, 11) is 5.96. The maximum Gasteiger partial charge on any atom is 1.00 e. The molecular formula is C5H14KNO2P+. The average molecular weight is 190 g/mol. The van der Waals surface area contributed by atoms with Crippen LogP contribution in [0.4, 0.5) is 0 Å². The second-order valence-corrected chi connectivity index (χ2v) is 3.33. The van der Waals surface area contributed by atoms with E-state index in [1.54, 1.807) is 0 Å². The fraction of sp³-hybridized carbons (Fsp3) is 1.00. The Morgan fingerprint density at radius 3 is 2.30 bits per heavy atom. The first-order valence-electron chi connectivity index (χ1n) is 2.81. The Hall–Kier alpha value is 1.66. The van der Waals surface area contributed by atoms with Crippen LogP contribution in [-0.2, 0) is 9.09 Å². The fourth-order valence-corrected chi connectivity index (χ4v) is 0.508. The van der Waals surface area contributed by atoms with E-state index < -0.39 is 0 Å². The predicted molar refractivity (Wildman–Crippen MR) is 37.6 cm³/mol. The Morgan fingerprint density at radius 1 is 1.50 bits per heavy atom. The van der Waals surface area contributed by atoms with Gasteiger partial charge in [0.2, 0.25) is 0 Å². The number of quaternary nitrogens is 1. The van der Waals surface area contributed by atoms with Gasteiger partial charge >= 0.3 is 60.1 Å². The normalized spacial score (nSPS) is 11.1. The summed E-state index contributed by atoms with van der Waals surface area (Å²) in [5.74, 6) is 0. The van der Waals surface area contributed by atoms with Crippen LogP contribution in [0.5, 0.6) is 0 Å². The van der Waals surface area contributed by atoms with Gasteiger partial charge < -0.3 is 5.91 Å². The van der Waals surface area contributed by atoms with Crippen LogP contribution in [0.1, 0.15) is 1.43 Å². The van der Waals surface area contributed by atoms with Crippen LogP contribution in [-0.4, -0.2) is 38.8 Å². The summed E-state index contributed by atoms with van der Waals surface area (Å²) in [5, 5.41) is 0. The van der Waals surface area contributed by atoms with E-state index in [2.05, 4.69) is 25.7 Å². The van der Waals surface area contributed by atoms with Crippen LogP contribution >= 0.6 is 8.69 Å². The van der Waals surface area contributed by atoms with Crippen LogP contribution in [0.25, 0.3) is 0 Å². The Bertz CT molecular complexity index is 99.0. The molecule has 0 spiro atoms. The van der Waals surface area contributed by atoms with Crippen molar-refractivity contribution in [1.82, 2.24) is 0 Å². The average Bonchev–Trinajstić information content (AvgIpc) is 1.63. The van der Waals surface area contributed by atoms with Gasteiger partial charge in [0, 0.05) is 0 Å². The first-order chi connectivity index (χ1) is 4.06. The van der Waals surface area contributed by atoms with Crippen molar-refractivity contribution in [3.63, 3.8) is 0 Å². The Morgan fingerprint density at radius 2 is 2.00 bits per heavy atom. The molecule has 10 heavy (non-hydrogen) atoms. The largest absolute Gasteiger partial charge is 1.00 e. The van der Waals surface area contributed by atoms with E-state index >= 15 is 0 Å². The molecule has 0 saturated heterocycles. The molecule has 3 nitrogen and oxygen atoms in total. The molecule has 0 unspecified atom stereocenters. The van der Waals surface area contributed by atoms with Crippen molar-refractivity contribution in [3.05, 3.63) is 0 Å². The van der Waals surface area contributed by atoms with Gasteiger partial charge in [0.25, 0.3) is 0 Å². The Kier molecular flexibility index (Phi) is 10.4. The molecule has 0 aliphatic carbocycles. The second kappa shape index (κ2) is 7.31. The van der Waals surface area contributed by atoms with Crippen LogP contribution in [0.2, 0.25) is 0 Å². The summed E-state index contributed by atoms with van der Waals surface area (Å²) in [6.45, 7) is 1.43. The van der Waals surface area contributed by atoms with E-state index in [9.17, 15) is 4.57 Å². The van der Waals surface area contributed by atoms with Crippen LogP contribution in [0.3, 0.4) is 0 Å². The number of hydrogen-bond acceptors (Lipinski definition) is 2. The van der Waals surface area contributed by atoms with Gasteiger partial charge in [-0.2, -0.15) is 0 Å². The molecule has 0 amide bonds. The van der Waals surface area contributed by atoms with Crippen molar-refractivity contribution in [2.75, 3.05) is 34.3 Å². The minimum atomic E-state index is -0.217. The van der Waals surface area contributed by atoms with E-state index in [1.165, 1.54) is 0 Å². The number of nitrogens with zero attached hydrogens (tertiary/aromatic N) is 1. The topological polar surface area (TPSA) is 26.3 Å². The van der Waals surface area contributed by atoms with Gasteiger partial charge in [-0.05, 0) is 0 Å². The summed E-state index contributed by atoms with van der Waals surface area (Å²) in [6.07, 6.45) is 0. The molecule has 0 saturated carbocycles. The van der Waals surface area contributed by atoms with E-state index in [1.807, 2.05) is 0 Å². The van der Waals surface area contributed by atoms with Gasteiger partial charge in [-0.1, -0.05) is 0 Å². The third-order valence-electron chi connectivity index (χ3n) is 0.906. The van der Waals surface area contributed by atoms with Crippen molar-refractivity contribution in [2.45, 2.75) is 0 Å². The monoisotopic (exact) mass is 190 g/mol. The SMILES string of the molecule is C[N+](C)(C)CCOP=O.[H-].[K+]. The molecule has 0 atom stereocenters. The zero-order valence-electron chi connectivity index (χ0n) is 8.13. The molecule has 0 radical (unpaired) electrons. The van der Waals surface area contributed by atoms with E-state index in [0.29, 0.717) is 6.61 Å². The van der Waals surface area contributed by atoms with Gasteiger partial charge in [-0.25, -0.2) is 4.57 Å². The van der Waals surface area contributed by atoms with Gasteiger partial charge in [-0.3, -0.25) is 4.52 Å². The maximum atomic E-state index is 9.76. The van der Waals surface area contributed by atoms with Crippen LogP contribution in [0.15, 0.2) is 0 Å². The van der Waals surface area contributed by atoms with Crippen LogP contribution < -0.4 is 51.4 Å². The second-order valence-electron chi connectivity index (χ2n) is 2.92. The zero-order valence-corrected chi connectivity index (χ0v) is 11.1. The smallest absolute Gasteiger partial charge is 1.00 e. The number of likely N-dealkylation sites (N-methyl/N-ethyl adjacent to an activating group) is 1. The summed E-state index contributed by atoms with van der Waals surface area (Å²) in [5.41, 5.74) is 0. The summed E-state index contributed by atoms with van der Waals surface area (Å²) in [4.78, 5) is 0. The predicted octanol–water partition coefficient (Wildman–Crippen LogP) is -1.97. The standard InChI is InChI=1S/C5H13NO2P.K.H/c1-6(2,3)4-5-8-9-7;;/h4-5H2,1-3H3;;/q2*+1;-1. The van der Waals surface area contributed by atoms with Gasteiger partial charge in [0.1, 0.15) is 13.2 Å². The van der Waals surface area contributed by atoms with Crippen LogP contribution in [0, 0.1) is 0 Å². The first kappa shape index (κ1) is 14.2. The molecule has 0 aliphatic heterocycles. The van der Waals surface area contributed by atoms with Gasteiger partial charge in [0.15, 0.2) is 0 Å². The molecule has 0 heterocycles. The van der Waals surface area contributed by atoms with Crippen molar-refractivity contribution >= 4 is 8.69 Å². The molecule has 0 aromatic heterocycles. The van der Waals surface area contributed by atoms with Crippen molar-refractivity contribution < 1.29 is 66.4 Å². The first-order valence-corrected chi connectivity index (χ1v) is 3.54. The van der Waals surface area contributed by atoms with Crippen molar-refractivity contribution in [2.24, 2.45) is 0 Å². The quantitative estimate of drug-likeness (QED) is 0.222. The van der Waals surface area contributed by atoms with Crippen molar-refractivity contribution in [1.29, 1.82) is 0 Å². The molecule has 0 aliphatic rings. The molecule has 0 aromatic carbocycles. The molecule has 0 bridgehead atoms. The third kappa shape index (κ3) is 12.3. The molecular weight excluding hydrogens is 176 g/mol. The summed E-state index contributed by atoms with van der Waals surface area (Å²) >= 11 is 0. The molecule has 0 N–H and O–H groups in total. The minimum Gasteiger partial charge on any atom is -1.00 e. The van der Waals surface area contributed by atoms with E-state index in [-0.39, 0.29) is 61.5 Å². The molecule has 0 fully saturated rings. The Balaban J connectivity index is -0.000000320. The van der Waals surface area contributed by atoms with Gasteiger partial charge in [0.05, 0.1) is 21.1 Å².